The van der Waals surface area contributed by atoms with E-state index < -0.39 is 6.10 Å². The Labute approximate surface area is 187 Å². The van der Waals surface area contributed by atoms with Gasteiger partial charge in [-0.25, -0.2) is 4.79 Å². The first-order valence-corrected chi connectivity index (χ1v) is 10.6. The molecule has 0 amide bonds. The minimum atomic E-state index is -0.438. The number of benzene rings is 2. The van der Waals surface area contributed by atoms with Crippen LogP contribution in [0.1, 0.15) is 17.4 Å². The van der Waals surface area contributed by atoms with Crippen molar-refractivity contribution in [3.05, 3.63) is 90.7 Å². The molecule has 2 aromatic carbocycles. The largest absolute Gasteiger partial charge is 0.365 e. The molecule has 1 aliphatic heterocycles. The molecule has 0 fully saturated rings. The Bertz CT molecular complexity index is 1430. The molecule has 0 saturated carbocycles. The predicted octanol–water partition coefficient (Wildman–Crippen LogP) is 4.13. The first-order valence-electron chi connectivity index (χ1n) is 9.83. The van der Waals surface area contributed by atoms with Gasteiger partial charge in [-0.3, -0.25) is 13.9 Å². The zero-order chi connectivity index (χ0) is 21.9. The van der Waals surface area contributed by atoms with E-state index in [-0.39, 0.29) is 11.2 Å². The minimum Gasteiger partial charge on any atom is -0.365 e. The molecule has 2 aromatic heterocycles. The Kier molecular flexibility index (Phi) is 4.81. The van der Waals surface area contributed by atoms with E-state index in [0.717, 1.165) is 27.1 Å². The van der Waals surface area contributed by atoms with Crippen LogP contribution in [0.3, 0.4) is 0 Å². The Balaban J connectivity index is 1.93. The molecule has 4 aromatic rings. The van der Waals surface area contributed by atoms with Crippen molar-refractivity contribution in [3.63, 3.8) is 0 Å². The molecule has 6 nitrogen and oxygen atoms in total. The van der Waals surface area contributed by atoms with Crippen molar-refractivity contribution in [1.82, 2.24) is 13.7 Å². The third-order valence-electron chi connectivity index (χ3n) is 5.84. The molecule has 0 saturated heterocycles. The van der Waals surface area contributed by atoms with Gasteiger partial charge in [0.1, 0.15) is 6.10 Å². The van der Waals surface area contributed by atoms with Crippen LogP contribution in [-0.4, -0.2) is 20.3 Å². The van der Waals surface area contributed by atoms with E-state index in [4.69, 9.17) is 27.9 Å². The van der Waals surface area contributed by atoms with E-state index in [1.165, 1.54) is 11.6 Å². The van der Waals surface area contributed by atoms with Gasteiger partial charge >= 0.3 is 5.69 Å². The molecule has 158 valence electrons. The maximum absolute atomic E-state index is 13.3. The van der Waals surface area contributed by atoms with Crippen LogP contribution in [0.2, 0.25) is 10.0 Å². The fourth-order valence-corrected chi connectivity index (χ4v) is 4.63. The second-order valence-electron chi connectivity index (χ2n) is 7.62. The van der Waals surface area contributed by atoms with Crippen LogP contribution < -0.4 is 11.2 Å². The quantitative estimate of drug-likeness (QED) is 0.456. The summed E-state index contributed by atoms with van der Waals surface area (Å²) in [5, 5.41) is 1.73. The molecule has 1 aliphatic rings. The van der Waals surface area contributed by atoms with Crippen LogP contribution in [-0.2, 0) is 25.4 Å². The molecule has 3 heterocycles. The van der Waals surface area contributed by atoms with E-state index in [9.17, 15) is 9.59 Å². The summed E-state index contributed by atoms with van der Waals surface area (Å²) in [5.41, 5.74) is 3.17. The Hall–Kier alpha value is -2.80. The lowest BCUT2D eigenvalue weighted by atomic mass is 10.0. The summed E-state index contributed by atoms with van der Waals surface area (Å²) >= 11 is 12.2. The summed E-state index contributed by atoms with van der Waals surface area (Å²) in [5.74, 6) is 0. The van der Waals surface area contributed by atoms with E-state index in [1.807, 2.05) is 36.4 Å². The van der Waals surface area contributed by atoms with Gasteiger partial charge < -0.3 is 9.30 Å². The van der Waals surface area contributed by atoms with Crippen LogP contribution in [0.25, 0.3) is 22.2 Å². The molecule has 0 aliphatic carbocycles. The normalized spacial score (nSPS) is 15.9. The molecule has 31 heavy (non-hydrogen) atoms. The standard InChI is InChI=1S/C23H19Cl2N3O3/c1-26-19-17(22(29)27(2)23(26)30)18(13-3-7-15(24)8-4-13)28-11-12-31-21(20(19)28)14-5-9-16(25)10-6-14/h3-10,21H,11-12H2,1-2H3/t21-/m1/s1. The van der Waals surface area contributed by atoms with Crippen molar-refractivity contribution < 1.29 is 4.74 Å². The number of hydrogen-bond donors (Lipinski definition) is 0. The monoisotopic (exact) mass is 455 g/mol. The van der Waals surface area contributed by atoms with E-state index in [1.54, 1.807) is 19.2 Å². The highest BCUT2D eigenvalue weighted by Gasteiger charge is 2.33. The summed E-state index contributed by atoms with van der Waals surface area (Å²) in [6, 6.07) is 14.8. The molecular weight excluding hydrogens is 437 g/mol. The van der Waals surface area contributed by atoms with E-state index >= 15 is 0 Å². The van der Waals surface area contributed by atoms with Crippen LogP contribution in [0.4, 0.5) is 0 Å². The minimum absolute atomic E-state index is 0.334. The number of fused-ring (bicyclic) bond motifs is 3. The third-order valence-corrected chi connectivity index (χ3v) is 6.35. The summed E-state index contributed by atoms with van der Waals surface area (Å²) in [7, 11) is 3.18. The average molecular weight is 456 g/mol. The molecule has 0 unspecified atom stereocenters. The maximum Gasteiger partial charge on any atom is 0.331 e. The van der Waals surface area contributed by atoms with Crippen molar-refractivity contribution >= 4 is 34.1 Å². The molecule has 0 bridgehead atoms. The topological polar surface area (TPSA) is 58.2 Å². The summed E-state index contributed by atoms with van der Waals surface area (Å²) in [6.45, 7) is 1.03. The molecule has 0 N–H and O–H groups in total. The molecule has 8 heteroatoms. The van der Waals surface area contributed by atoms with Crippen molar-refractivity contribution in [2.75, 3.05) is 6.61 Å². The Morgan fingerprint density at radius 1 is 0.903 bits per heavy atom. The SMILES string of the molecule is Cn1c(=O)c2c(-c3ccc(Cl)cc3)n3c(c2n(C)c1=O)[C@@H](c1ccc(Cl)cc1)OCC3. The zero-order valence-electron chi connectivity index (χ0n) is 16.9. The van der Waals surface area contributed by atoms with Gasteiger partial charge in [0.25, 0.3) is 5.56 Å². The molecule has 0 spiro atoms. The lowest BCUT2D eigenvalue weighted by Gasteiger charge is -2.27. The van der Waals surface area contributed by atoms with E-state index in [0.29, 0.717) is 34.1 Å². The number of nitrogens with zero attached hydrogens (tertiary/aromatic N) is 3. The first kappa shape index (κ1) is 20.1. The van der Waals surface area contributed by atoms with Crippen molar-refractivity contribution in [2.45, 2.75) is 12.6 Å². The fraction of sp³-hybridized carbons (Fsp3) is 0.217. The highest BCUT2D eigenvalue weighted by Crippen LogP contribution is 2.40. The number of aryl methyl sites for hydroxylation is 1. The fourth-order valence-electron chi connectivity index (χ4n) is 4.38. The summed E-state index contributed by atoms with van der Waals surface area (Å²) < 4.78 is 10.9. The number of aromatic nitrogens is 3. The van der Waals surface area contributed by atoms with Gasteiger partial charge in [0, 0.05) is 30.7 Å². The predicted molar refractivity (Wildman–Crippen MR) is 122 cm³/mol. The van der Waals surface area contributed by atoms with Gasteiger partial charge in [-0.15, -0.1) is 0 Å². The summed E-state index contributed by atoms with van der Waals surface area (Å²) in [4.78, 5) is 26.1. The third kappa shape index (κ3) is 3.05. The Morgan fingerprint density at radius 2 is 1.52 bits per heavy atom. The first-order chi connectivity index (χ1) is 14.9. The number of halogens is 2. The van der Waals surface area contributed by atoms with E-state index in [2.05, 4.69) is 4.57 Å². The maximum atomic E-state index is 13.3. The van der Waals surface area contributed by atoms with Crippen molar-refractivity contribution in [2.24, 2.45) is 14.1 Å². The molecule has 1 atom stereocenters. The van der Waals surface area contributed by atoms with Gasteiger partial charge in [-0.1, -0.05) is 47.5 Å². The highest BCUT2D eigenvalue weighted by atomic mass is 35.5. The smallest absolute Gasteiger partial charge is 0.331 e. The second-order valence-corrected chi connectivity index (χ2v) is 8.50. The highest BCUT2D eigenvalue weighted by molar-refractivity contribution is 6.30. The summed E-state index contributed by atoms with van der Waals surface area (Å²) in [6.07, 6.45) is -0.438. The number of hydrogen-bond acceptors (Lipinski definition) is 3. The molecule has 0 radical (unpaired) electrons. The van der Waals surface area contributed by atoms with Gasteiger partial charge in [-0.05, 0) is 35.4 Å². The van der Waals surface area contributed by atoms with Gasteiger partial charge in [0.2, 0.25) is 0 Å². The van der Waals surface area contributed by atoms with Gasteiger partial charge in [0.15, 0.2) is 0 Å². The van der Waals surface area contributed by atoms with Crippen LogP contribution in [0.5, 0.6) is 0 Å². The van der Waals surface area contributed by atoms with Gasteiger partial charge in [0.05, 0.1) is 28.9 Å². The molecular formula is C23H19Cl2N3O3. The van der Waals surface area contributed by atoms with Crippen molar-refractivity contribution in [3.8, 4) is 11.3 Å². The van der Waals surface area contributed by atoms with Crippen LogP contribution >= 0.6 is 23.2 Å². The van der Waals surface area contributed by atoms with Crippen LogP contribution in [0.15, 0.2) is 58.1 Å². The lowest BCUT2D eigenvalue weighted by Crippen LogP contribution is -2.37. The average Bonchev–Trinajstić information content (AvgIpc) is 3.13. The lowest BCUT2D eigenvalue weighted by molar-refractivity contribution is 0.0478. The number of rotatable bonds is 2. The Morgan fingerprint density at radius 3 is 2.16 bits per heavy atom. The second kappa shape index (κ2) is 7.41. The van der Waals surface area contributed by atoms with Crippen LogP contribution in [0, 0.1) is 0 Å². The molecule has 5 rings (SSSR count). The van der Waals surface area contributed by atoms with Gasteiger partial charge in [-0.2, -0.15) is 0 Å². The number of ether oxygens (including phenoxy) is 1. The van der Waals surface area contributed by atoms with Crippen molar-refractivity contribution in [1.29, 1.82) is 0 Å². The zero-order valence-corrected chi connectivity index (χ0v) is 18.4.